The van der Waals surface area contributed by atoms with E-state index in [-0.39, 0.29) is 5.17 Å². The highest BCUT2D eigenvalue weighted by Crippen LogP contribution is 2.38. The molecule has 0 aromatic heterocycles. The minimum absolute atomic E-state index is 0.287. The van der Waals surface area contributed by atoms with Gasteiger partial charge in [0.05, 0.1) is 0 Å². The molecule has 2 amide bonds. The molecule has 0 spiro atoms. The lowest BCUT2D eigenvalue weighted by Crippen LogP contribution is -2.53. The SMILES string of the molecule is CN1ON(C(=O)O)N(C(=O)O)C1(C)c1ccccc1. The van der Waals surface area contributed by atoms with E-state index >= 15 is 0 Å². The average Bonchev–Trinajstić information content (AvgIpc) is 2.64. The van der Waals surface area contributed by atoms with E-state index in [1.807, 2.05) is 0 Å². The summed E-state index contributed by atoms with van der Waals surface area (Å²) in [5.74, 6) is 0. The highest BCUT2D eigenvalue weighted by molar-refractivity contribution is 5.72. The Morgan fingerprint density at radius 2 is 1.74 bits per heavy atom. The van der Waals surface area contributed by atoms with Crippen LogP contribution in [0, 0.1) is 0 Å². The van der Waals surface area contributed by atoms with Crippen molar-refractivity contribution in [1.29, 1.82) is 0 Å². The van der Waals surface area contributed by atoms with Gasteiger partial charge in [0.15, 0.2) is 5.66 Å². The summed E-state index contributed by atoms with van der Waals surface area (Å²) in [4.78, 5) is 27.4. The van der Waals surface area contributed by atoms with Crippen LogP contribution in [0.2, 0.25) is 0 Å². The second-order valence-electron chi connectivity index (χ2n) is 4.12. The van der Waals surface area contributed by atoms with Crippen molar-refractivity contribution in [3.8, 4) is 0 Å². The Morgan fingerprint density at radius 1 is 1.16 bits per heavy atom. The van der Waals surface area contributed by atoms with Crippen LogP contribution in [-0.2, 0) is 10.6 Å². The fraction of sp³-hybridized carbons (Fsp3) is 0.273. The average molecular weight is 267 g/mol. The maximum absolute atomic E-state index is 11.4. The zero-order valence-corrected chi connectivity index (χ0v) is 10.3. The van der Waals surface area contributed by atoms with Crippen LogP contribution < -0.4 is 0 Å². The molecule has 8 heteroatoms. The molecule has 1 aromatic rings. The lowest BCUT2D eigenvalue weighted by Gasteiger charge is -2.34. The molecule has 8 nitrogen and oxygen atoms in total. The van der Waals surface area contributed by atoms with Gasteiger partial charge < -0.3 is 10.2 Å². The van der Waals surface area contributed by atoms with Crippen molar-refractivity contribution in [1.82, 2.24) is 15.2 Å². The minimum Gasteiger partial charge on any atom is -0.464 e. The summed E-state index contributed by atoms with van der Waals surface area (Å²) >= 11 is 0. The van der Waals surface area contributed by atoms with E-state index in [2.05, 4.69) is 0 Å². The maximum atomic E-state index is 11.4. The lowest BCUT2D eigenvalue weighted by atomic mass is 10.0. The molecule has 2 rings (SSSR count). The molecule has 1 aromatic carbocycles. The summed E-state index contributed by atoms with van der Waals surface area (Å²) in [5, 5.41) is 20.3. The Balaban J connectivity index is 2.53. The van der Waals surface area contributed by atoms with Crippen LogP contribution in [0.4, 0.5) is 9.59 Å². The summed E-state index contributed by atoms with van der Waals surface area (Å²) in [6, 6.07) is 8.64. The molecule has 0 radical (unpaired) electrons. The van der Waals surface area contributed by atoms with Crippen LogP contribution in [-0.4, -0.2) is 44.7 Å². The number of hydrogen-bond acceptors (Lipinski definition) is 4. The Labute approximate surface area is 108 Å². The van der Waals surface area contributed by atoms with Gasteiger partial charge in [0.1, 0.15) is 0 Å². The molecule has 0 bridgehead atoms. The van der Waals surface area contributed by atoms with Gasteiger partial charge in [0.2, 0.25) is 0 Å². The van der Waals surface area contributed by atoms with E-state index in [4.69, 9.17) is 10.0 Å². The highest BCUT2D eigenvalue weighted by Gasteiger charge is 2.54. The predicted molar refractivity (Wildman–Crippen MR) is 62.4 cm³/mol. The number of carbonyl (C=O) groups is 2. The zero-order chi connectivity index (χ0) is 14.2. The van der Waals surface area contributed by atoms with E-state index in [9.17, 15) is 14.7 Å². The zero-order valence-electron chi connectivity index (χ0n) is 10.3. The van der Waals surface area contributed by atoms with Crippen molar-refractivity contribution in [2.24, 2.45) is 0 Å². The van der Waals surface area contributed by atoms with Crippen molar-refractivity contribution in [3.63, 3.8) is 0 Å². The molecule has 2 N–H and O–H groups in total. The van der Waals surface area contributed by atoms with Crippen molar-refractivity contribution >= 4 is 12.2 Å². The van der Waals surface area contributed by atoms with Crippen LogP contribution in [0.1, 0.15) is 12.5 Å². The van der Waals surface area contributed by atoms with Crippen LogP contribution in [0.5, 0.6) is 0 Å². The number of hydrazine groups is 1. The summed E-state index contributed by atoms with van der Waals surface area (Å²) in [7, 11) is 1.46. The van der Waals surface area contributed by atoms with E-state index < -0.39 is 17.8 Å². The number of benzene rings is 1. The number of nitrogens with zero attached hydrogens (tertiary/aromatic N) is 3. The molecule has 0 saturated carbocycles. The first kappa shape index (κ1) is 13.1. The molecule has 1 fully saturated rings. The molecular weight excluding hydrogens is 254 g/mol. The van der Waals surface area contributed by atoms with Gasteiger partial charge in [-0.25, -0.2) is 9.59 Å². The quantitative estimate of drug-likeness (QED) is 0.801. The number of rotatable bonds is 1. The molecule has 0 aliphatic carbocycles. The Hall–Kier alpha value is -2.32. The van der Waals surface area contributed by atoms with Crippen LogP contribution in [0.15, 0.2) is 30.3 Å². The molecule has 1 saturated heterocycles. The largest absolute Gasteiger partial charge is 0.464 e. The topological polar surface area (TPSA) is 93.6 Å². The van der Waals surface area contributed by atoms with Crippen molar-refractivity contribution < 1.29 is 24.7 Å². The van der Waals surface area contributed by atoms with Crippen LogP contribution in [0.3, 0.4) is 0 Å². The number of amides is 2. The van der Waals surface area contributed by atoms with E-state index in [0.29, 0.717) is 10.6 Å². The monoisotopic (exact) mass is 267 g/mol. The Kier molecular flexibility index (Phi) is 3.05. The molecule has 1 heterocycles. The smallest absolute Gasteiger partial charge is 0.453 e. The lowest BCUT2D eigenvalue weighted by molar-refractivity contribution is -0.273. The highest BCUT2D eigenvalue weighted by atomic mass is 16.9. The van der Waals surface area contributed by atoms with E-state index in [1.54, 1.807) is 37.3 Å². The summed E-state index contributed by atoms with van der Waals surface area (Å²) in [6.07, 6.45) is -2.95. The molecule has 19 heavy (non-hydrogen) atoms. The van der Waals surface area contributed by atoms with Gasteiger partial charge in [-0.15, -0.1) is 5.06 Å². The molecular formula is C11H13N3O5. The Bertz CT molecular complexity index is 508. The van der Waals surface area contributed by atoms with Crippen molar-refractivity contribution in [2.75, 3.05) is 7.05 Å². The van der Waals surface area contributed by atoms with Gasteiger partial charge in [-0.1, -0.05) is 35.5 Å². The normalized spacial score (nSPS) is 23.7. The summed E-state index contributed by atoms with van der Waals surface area (Å²) in [5.41, 5.74) is -0.686. The Morgan fingerprint density at radius 3 is 2.21 bits per heavy atom. The minimum atomic E-state index is -1.52. The predicted octanol–water partition coefficient (Wildman–Crippen LogP) is 1.53. The standard InChI is InChI=1S/C11H13N3O5/c1-11(8-6-4-3-5-7-8)12(2)19-14(10(17)18)13(11)9(15)16/h3-7H,1-2H3,(H,15,16)(H,17,18). The van der Waals surface area contributed by atoms with Gasteiger partial charge in [-0.3, -0.25) is 0 Å². The third-order valence-corrected chi connectivity index (χ3v) is 3.07. The third kappa shape index (κ3) is 1.86. The van der Waals surface area contributed by atoms with Gasteiger partial charge in [-0.05, 0) is 12.5 Å². The number of hydrogen-bond donors (Lipinski definition) is 2. The van der Waals surface area contributed by atoms with Crippen LogP contribution >= 0.6 is 0 Å². The van der Waals surface area contributed by atoms with Gasteiger partial charge in [0.25, 0.3) is 0 Å². The summed E-state index contributed by atoms with van der Waals surface area (Å²) < 4.78 is 0. The fourth-order valence-corrected chi connectivity index (χ4v) is 1.98. The summed E-state index contributed by atoms with van der Waals surface area (Å²) in [6.45, 7) is 1.55. The van der Waals surface area contributed by atoms with Crippen LogP contribution in [0.25, 0.3) is 0 Å². The van der Waals surface area contributed by atoms with E-state index in [0.717, 1.165) is 0 Å². The molecule has 1 aliphatic heterocycles. The number of carboxylic acid groups (broad SMARTS) is 2. The van der Waals surface area contributed by atoms with E-state index in [1.165, 1.54) is 12.1 Å². The van der Waals surface area contributed by atoms with Gasteiger partial charge >= 0.3 is 12.2 Å². The first-order valence-corrected chi connectivity index (χ1v) is 5.42. The molecule has 1 atom stereocenters. The molecule has 102 valence electrons. The van der Waals surface area contributed by atoms with Crippen molar-refractivity contribution in [2.45, 2.75) is 12.6 Å². The maximum Gasteiger partial charge on any atom is 0.453 e. The van der Waals surface area contributed by atoms with Crippen molar-refractivity contribution in [3.05, 3.63) is 35.9 Å². The second kappa shape index (κ2) is 4.41. The third-order valence-electron chi connectivity index (χ3n) is 3.07. The van der Waals surface area contributed by atoms with Gasteiger partial charge in [0, 0.05) is 7.05 Å². The molecule has 1 unspecified atom stereocenters. The fourth-order valence-electron chi connectivity index (χ4n) is 1.98. The molecule has 1 aliphatic rings. The first-order chi connectivity index (χ1) is 8.89. The number of hydroxylamine groups is 3. The first-order valence-electron chi connectivity index (χ1n) is 5.42. The second-order valence-corrected chi connectivity index (χ2v) is 4.12. The van der Waals surface area contributed by atoms with Gasteiger partial charge in [-0.2, -0.15) is 9.95 Å².